The van der Waals surface area contributed by atoms with Crippen LogP contribution in [-0.4, -0.2) is 31.1 Å². The molecule has 4 rings (SSSR count). The molecular formula is C22H20N2O5S. The van der Waals surface area contributed by atoms with Gasteiger partial charge in [-0.15, -0.1) is 11.3 Å². The minimum Gasteiger partial charge on any atom is -0.493 e. The summed E-state index contributed by atoms with van der Waals surface area (Å²) in [6, 6.07) is 10.9. The summed E-state index contributed by atoms with van der Waals surface area (Å²) >= 11 is 1.57. The van der Waals surface area contributed by atoms with Gasteiger partial charge in [0, 0.05) is 22.2 Å². The number of aryl methyl sites for hydroxylation is 1. The number of aromatic nitrogens is 1. The molecule has 0 spiro atoms. The lowest BCUT2D eigenvalue weighted by Gasteiger charge is -2.13. The fraction of sp³-hybridized carbons (Fsp3) is 0.227. The number of amides is 1. The Bertz CT molecular complexity index is 1120. The van der Waals surface area contributed by atoms with Crippen molar-refractivity contribution >= 4 is 28.9 Å². The number of cyclic esters (lactones) is 1. The maximum atomic E-state index is 12.6. The summed E-state index contributed by atoms with van der Waals surface area (Å²) in [5, 5.41) is 5.83. The van der Waals surface area contributed by atoms with E-state index in [4.69, 9.17) is 14.2 Å². The quantitative estimate of drug-likeness (QED) is 0.591. The molecule has 0 radical (unpaired) electrons. The van der Waals surface area contributed by atoms with Gasteiger partial charge in [-0.05, 0) is 25.1 Å². The van der Waals surface area contributed by atoms with Gasteiger partial charge in [0.25, 0.3) is 0 Å². The molecule has 7 nitrogen and oxygen atoms in total. The van der Waals surface area contributed by atoms with Gasteiger partial charge in [0.2, 0.25) is 5.91 Å². The molecule has 2 heterocycles. The summed E-state index contributed by atoms with van der Waals surface area (Å²) in [6.45, 7) is 1.95. The zero-order chi connectivity index (χ0) is 21.3. The molecule has 1 amide bonds. The zero-order valence-corrected chi connectivity index (χ0v) is 17.5. The van der Waals surface area contributed by atoms with Crippen molar-refractivity contribution in [2.24, 2.45) is 0 Å². The van der Waals surface area contributed by atoms with E-state index in [0.717, 1.165) is 16.3 Å². The van der Waals surface area contributed by atoms with E-state index in [9.17, 15) is 9.59 Å². The Morgan fingerprint density at radius 1 is 1.23 bits per heavy atom. The third kappa shape index (κ3) is 3.73. The van der Waals surface area contributed by atoms with E-state index < -0.39 is 12.1 Å². The number of fused-ring (bicyclic) bond motifs is 1. The van der Waals surface area contributed by atoms with Gasteiger partial charge in [0.1, 0.15) is 11.7 Å². The van der Waals surface area contributed by atoms with Crippen molar-refractivity contribution < 1.29 is 23.8 Å². The number of ether oxygens (including phenoxy) is 3. The maximum Gasteiger partial charge on any atom is 0.343 e. The number of nitrogens with one attached hydrogen (secondary N) is 1. The minimum absolute atomic E-state index is 0.00569. The number of methoxy groups -OCH3 is 2. The second kappa shape index (κ2) is 8.16. The second-order valence-electron chi connectivity index (χ2n) is 6.74. The number of hydrogen-bond donors (Lipinski definition) is 1. The van der Waals surface area contributed by atoms with Crippen molar-refractivity contribution in [2.45, 2.75) is 19.4 Å². The van der Waals surface area contributed by atoms with Gasteiger partial charge in [-0.25, -0.2) is 9.78 Å². The first-order valence-electron chi connectivity index (χ1n) is 9.28. The van der Waals surface area contributed by atoms with Crippen molar-refractivity contribution in [3.63, 3.8) is 0 Å². The highest BCUT2D eigenvalue weighted by molar-refractivity contribution is 7.09. The molecule has 0 aliphatic carbocycles. The molecule has 1 N–H and O–H groups in total. The molecule has 2 aromatic carbocycles. The first kappa shape index (κ1) is 19.9. The molecule has 1 unspecified atom stereocenters. The van der Waals surface area contributed by atoms with Gasteiger partial charge in [-0.2, -0.15) is 0 Å². The number of rotatable bonds is 6. The summed E-state index contributed by atoms with van der Waals surface area (Å²) in [6.07, 6.45) is -0.689. The van der Waals surface area contributed by atoms with Crippen LogP contribution in [0.2, 0.25) is 0 Å². The van der Waals surface area contributed by atoms with Crippen molar-refractivity contribution in [1.29, 1.82) is 0 Å². The third-order valence-corrected chi connectivity index (χ3v) is 5.58. The van der Waals surface area contributed by atoms with Crippen LogP contribution in [-0.2, 0) is 9.53 Å². The van der Waals surface area contributed by atoms with Crippen LogP contribution in [0.3, 0.4) is 0 Å². The lowest BCUT2D eigenvalue weighted by molar-refractivity contribution is -0.118. The van der Waals surface area contributed by atoms with Gasteiger partial charge in [0.15, 0.2) is 11.5 Å². The lowest BCUT2D eigenvalue weighted by Crippen LogP contribution is -2.15. The number of nitrogens with zero attached hydrogens (tertiary/aromatic N) is 1. The van der Waals surface area contributed by atoms with Crippen LogP contribution in [0.1, 0.15) is 33.5 Å². The molecule has 0 fully saturated rings. The van der Waals surface area contributed by atoms with Crippen LogP contribution in [0, 0.1) is 6.92 Å². The van der Waals surface area contributed by atoms with E-state index in [1.54, 1.807) is 23.5 Å². The predicted octanol–water partition coefficient (Wildman–Crippen LogP) is 4.38. The molecule has 1 aliphatic rings. The topological polar surface area (TPSA) is 86.8 Å². The molecule has 154 valence electrons. The Kier molecular flexibility index (Phi) is 5.41. The van der Waals surface area contributed by atoms with Crippen LogP contribution >= 0.6 is 11.3 Å². The normalized spacial score (nSPS) is 14.8. The zero-order valence-electron chi connectivity index (χ0n) is 16.7. The molecular weight excluding hydrogens is 404 g/mol. The minimum atomic E-state index is -0.684. The SMILES string of the molecule is COc1ccc2c(c1OC)C(=O)OC2CC(=O)Nc1cccc(-c2csc(C)n2)c1. The van der Waals surface area contributed by atoms with E-state index in [-0.39, 0.29) is 12.3 Å². The molecule has 8 heteroatoms. The Labute approximate surface area is 177 Å². The van der Waals surface area contributed by atoms with Gasteiger partial charge in [0.05, 0.1) is 31.3 Å². The smallest absolute Gasteiger partial charge is 0.343 e. The molecule has 0 saturated carbocycles. The number of hydrogen-bond acceptors (Lipinski definition) is 7. The van der Waals surface area contributed by atoms with E-state index in [1.807, 2.05) is 36.6 Å². The molecule has 0 bridgehead atoms. The van der Waals surface area contributed by atoms with Crippen LogP contribution in [0.15, 0.2) is 41.8 Å². The monoisotopic (exact) mass is 424 g/mol. The predicted molar refractivity (Wildman–Crippen MR) is 113 cm³/mol. The van der Waals surface area contributed by atoms with Crippen LogP contribution in [0.25, 0.3) is 11.3 Å². The fourth-order valence-corrected chi connectivity index (χ4v) is 4.08. The highest BCUT2D eigenvalue weighted by Crippen LogP contribution is 2.43. The highest BCUT2D eigenvalue weighted by Gasteiger charge is 2.36. The average Bonchev–Trinajstić information content (AvgIpc) is 3.31. The first-order valence-corrected chi connectivity index (χ1v) is 10.2. The lowest BCUT2D eigenvalue weighted by atomic mass is 10.0. The van der Waals surface area contributed by atoms with E-state index >= 15 is 0 Å². The number of benzene rings is 2. The number of thiazole rings is 1. The molecule has 30 heavy (non-hydrogen) atoms. The molecule has 1 aromatic heterocycles. The molecule has 3 aromatic rings. The van der Waals surface area contributed by atoms with Crippen LogP contribution < -0.4 is 14.8 Å². The summed E-state index contributed by atoms with van der Waals surface area (Å²) in [4.78, 5) is 29.5. The Hall–Kier alpha value is -3.39. The molecule has 0 saturated heterocycles. The summed E-state index contributed by atoms with van der Waals surface area (Å²) in [5.74, 6) is -0.0388. The van der Waals surface area contributed by atoms with Crippen LogP contribution in [0.5, 0.6) is 11.5 Å². The van der Waals surface area contributed by atoms with Crippen molar-refractivity contribution in [2.75, 3.05) is 19.5 Å². The third-order valence-electron chi connectivity index (χ3n) is 4.81. The van der Waals surface area contributed by atoms with E-state index in [0.29, 0.717) is 28.3 Å². The summed E-state index contributed by atoms with van der Waals surface area (Å²) in [5.41, 5.74) is 3.36. The van der Waals surface area contributed by atoms with Gasteiger partial charge < -0.3 is 19.5 Å². The van der Waals surface area contributed by atoms with Crippen LogP contribution in [0.4, 0.5) is 5.69 Å². The number of carbonyl (C=O) groups is 2. The Balaban J connectivity index is 1.51. The van der Waals surface area contributed by atoms with Crippen molar-refractivity contribution in [1.82, 2.24) is 4.98 Å². The van der Waals surface area contributed by atoms with Gasteiger partial charge in [-0.3, -0.25) is 4.79 Å². The maximum absolute atomic E-state index is 12.6. The highest BCUT2D eigenvalue weighted by atomic mass is 32.1. The van der Waals surface area contributed by atoms with Gasteiger partial charge in [-0.1, -0.05) is 18.2 Å². The average molecular weight is 424 g/mol. The Morgan fingerprint density at radius 2 is 2.07 bits per heavy atom. The summed E-state index contributed by atoms with van der Waals surface area (Å²) in [7, 11) is 2.96. The van der Waals surface area contributed by atoms with Crippen molar-refractivity contribution in [3.05, 3.63) is 57.9 Å². The second-order valence-corrected chi connectivity index (χ2v) is 7.81. The number of carbonyl (C=O) groups excluding carboxylic acids is 2. The van der Waals surface area contributed by atoms with Gasteiger partial charge >= 0.3 is 5.97 Å². The summed E-state index contributed by atoms with van der Waals surface area (Å²) < 4.78 is 16.0. The van der Waals surface area contributed by atoms with Crippen molar-refractivity contribution in [3.8, 4) is 22.8 Å². The fourth-order valence-electron chi connectivity index (χ4n) is 3.46. The standard InChI is InChI=1S/C22H20N2O5S/c1-12-23-16(11-30-12)13-5-4-6-14(9-13)24-19(25)10-18-15-7-8-17(27-2)21(28-3)20(15)22(26)29-18/h4-9,11,18H,10H2,1-3H3,(H,24,25). The van der Waals surface area contributed by atoms with E-state index in [1.165, 1.54) is 14.2 Å². The number of anilines is 1. The van der Waals surface area contributed by atoms with E-state index in [2.05, 4.69) is 10.3 Å². The molecule has 1 atom stereocenters. The number of esters is 1. The Morgan fingerprint density at radius 3 is 2.77 bits per heavy atom. The first-order chi connectivity index (χ1) is 14.5. The molecule has 1 aliphatic heterocycles. The largest absolute Gasteiger partial charge is 0.493 e.